The van der Waals surface area contributed by atoms with Gasteiger partial charge in [-0.3, -0.25) is 9.59 Å². The number of aliphatic carboxylic acids is 1. The second-order valence-electron chi connectivity index (χ2n) is 5.19. The van der Waals surface area contributed by atoms with Gasteiger partial charge in [0.25, 0.3) is 5.91 Å². The van der Waals surface area contributed by atoms with E-state index in [4.69, 9.17) is 33.0 Å². The van der Waals surface area contributed by atoms with Crippen LogP contribution in [0.2, 0.25) is 10.0 Å². The average molecular weight is 334 g/mol. The number of carboxylic acids is 1. The molecule has 1 rings (SSSR count). The molecule has 1 aromatic carbocycles. The molecule has 0 spiro atoms. The highest BCUT2D eigenvalue weighted by atomic mass is 35.5. The van der Waals surface area contributed by atoms with Gasteiger partial charge >= 0.3 is 5.97 Å². The van der Waals surface area contributed by atoms with E-state index < -0.39 is 11.5 Å². The van der Waals surface area contributed by atoms with E-state index >= 15 is 0 Å². The summed E-state index contributed by atoms with van der Waals surface area (Å²) in [4.78, 5) is 22.3. The predicted octanol–water partition coefficient (Wildman–Crippen LogP) is 3.13. The summed E-state index contributed by atoms with van der Waals surface area (Å²) >= 11 is 11.6. The summed E-state index contributed by atoms with van der Waals surface area (Å²) in [5, 5.41) is 12.1. The average Bonchev–Trinajstić information content (AvgIpc) is 2.37. The fraction of sp³-hybridized carbons (Fsp3) is 0.429. The molecule has 1 aromatic rings. The Bertz CT molecular complexity index is 532. The first-order chi connectivity index (χ1) is 9.69. The number of rotatable bonds is 7. The van der Waals surface area contributed by atoms with Gasteiger partial charge < -0.3 is 15.2 Å². The molecule has 21 heavy (non-hydrogen) atoms. The maximum absolute atomic E-state index is 11.8. The molecule has 2 N–H and O–H groups in total. The highest BCUT2D eigenvalue weighted by Gasteiger charge is 2.21. The summed E-state index contributed by atoms with van der Waals surface area (Å²) in [5.41, 5.74) is -0.615. The molecule has 5 nitrogen and oxygen atoms in total. The SMILES string of the molecule is CC(C)(CCC(=O)O)NC(=O)COc1ccc(Cl)c(Cl)c1. The number of hydrogen-bond acceptors (Lipinski definition) is 3. The highest BCUT2D eigenvalue weighted by molar-refractivity contribution is 6.42. The predicted molar refractivity (Wildman–Crippen MR) is 81.0 cm³/mol. The Morgan fingerprint density at radius 3 is 2.52 bits per heavy atom. The third kappa shape index (κ3) is 6.69. The van der Waals surface area contributed by atoms with Crippen molar-refractivity contribution in [1.29, 1.82) is 0 Å². The largest absolute Gasteiger partial charge is 0.484 e. The van der Waals surface area contributed by atoms with Gasteiger partial charge in [0.15, 0.2) is 6.61 Å². The monoisotopic (exact) mass is 333 g/mol. The Hall–Kier alpha value is -1.46. The highest BCUT2D eigenvalue weighted by Crippen LogP contribution is 2.26. The van der Waals surface area contributed by atoms with Crippen LogP contribution in [0.3, 0.4) is 0 Å². The summed E-state index contributed by atoms with van der Waals surface area (Å²) in [6, 6.07) is 4.71. The van der Waals surface area contributed by atoms with E-state index in [0.717, 1.165) is 0 Å². The quantitative estimate of drug-likeness (QED) is 0.803. The van der Waals surface area contributed by atoms with E-state index in [1.807, 2.05) is 0 Å². The number of halogens is 2. The fourth-order valence-electron chi connectivity index (χ4n) is 1.61. The molecule has 116 valence electrons. The number of ether oxygens (including phenoxy) is 1. The smallest absolute Gasteiger partial charge is 0.303 e. The van der Waals surface area contributed by atoms with Crippen LogP contribution in [0.5, 0.6) is 5.75 Å². The molecule has 0 atom stereocenters. The van der Waals surface area contributed by atoms with E-state index in [9.17, 15) is 9.59 Å². The standard InChI is InChI=1S/C14H17Cl2NO4/c1-14(2,6-5-13(19)20)17-12(18)8-21-9-3-4-10(15)11(16)7-9/h3-4,7H,5-6,8H2,1-2H3,(H,17,18)(H,19,20). The Labute approximate surface area is 133 Å². The number of carbonyl (C=O) groups is 2. The van der Waals surface area contributed by atoms with Crippen LogP contribution in [0.15, 0.2) is 18.2 Å². The molecule has 0 saturated heterocycles. The van der Waals surface area contributed by atoms with Crippen LogP contribution in [0.4, 0.5) is 0 Å². The molecule has 0 aliphatic rings. The van der Waals surface area contributed by atoms with Crippen molar-refractivity contribution in [2.45, 2.75) is 32.2 Å². The Balaban J connectivity index is 2.46. The second kappa shape index (κ2) is 7.52. The molecule has 0 aliphatic heterocycles. The van der Waals surface area contributed by atoms with Crippen molar-refractivity contribution < 1.29 is 19.4 Å². The summed E-state index contributed by atoms with van der Waals surface area (Å²) in [5.74, 6) is -0.802. The van der Waals surface area contributed by atoms with Gasteiger partial charge in [-0.15, -0.1) is 0 Å². The van der Waals surface area contributed by atoms with Crippen LogP contribution in [0, 0.1) is 0 Å². The van der Waals surface area contributed by atoms with E-state index in [1.54, 1.807) is 26.0 Å². The lowest BCUT2D eigenvalue weighted by Crippen LogP contribution is -2.45. The third-order valence-corrected chi connectivity index (χ3v) is 3.44. The molecule has 0 saturated carbocycles. The van der Waals surface area contributed by atoms with Crippen molar-refractivity contribution in [2.24, 2.45) is 0 Å². The Morgan fingerprint density at radius 1 is 1.29 bits per heavy atom. The number of carbonyl (C=O) groups excluding carboxylic acids is 1. The van der Waals surface area contributed by atoms with Crippen molar-refractivity contribution in [3.8, 4) is 5.75 Å². The van der Waals surface area contributed by atoms with Crippen LogP contribution in [0.1, 0.15) is 26.7 Å². The summed E-state index contributed by atoms with van der Waals surface area (Å²) in [6.07, 6.45) is 0.321. The van der Waals surface area contributed by atoms with Crippen molar-refractivity contribution in [1.82, 2.24) is 5.32 Å². The van der Waals surface area contributed by atoms with E-state index in [2.05, 4.69) is 5.32 Å². The van der Waals surface area contributed by atoms with Gasteiger partial charge in [0.1, 0.15) is 5.75 Å². The molecule has 0 heterocycles. The number of nitrogens with one attached hydrogen (secondary N) is 1. The molecule has 7 heteroatoms. The van der Waals surface area contributed by atoms with Crippen molar-refractivity contribution in [3.63, 3.8) is 0 Å². The van der Waals surface area contributed by atoms with Crippen molar-refractivity contribution >= 4 is 35.1 Å². The zero-order valence-corrected chi connectivity index (χ0v) is 13.3. The maximum atomic E-state index is 11.8. The summed E-state index contributed by atoms with van der Waals surface area (Å²) < 4.78 is 5.30. The van der Waals surface area contributed by atoms with Crippen LogP contribution >= 0.6 is 23.2 Å². The zero-order valence-electron chi connectivity index (χ0n) is 11.8. The van der Waals surface area contributed by atoms with Gasteiger partial charge in [-0.1, -0.05) is 23.2 Å². The first-order valence-corrected chi connectivity index (χ1v) is 7.06. The van der Waals surface area contributed by atoms with Crippen LogP contribution in [0.25, 0.3) is 0 Å². The minimum atomic E-state index is -0.899. The van der Waals surface area contributed by atoms with Gasteiger partial charge in [-0.25, -0.2) is 0 Å². The molecule has 0 fully saturated rings. The maximum Gasteiger partial charge on any atom is 0.303 e. The van der Waals surface area contributed by atoms with Gasteiger partial charge in [0, 0.05) is 18.0 Å². The number of amides is 1. The lowest BCUT2D eigenvalue weighted by atomic mass is 9.98. The molecule has 0 aliphatic carbocycles. The van der Waals surface area contributed by atoms with Crippen LogP contribution < -0.4 is 10.1 Å². The van der Waals surface area contributed by atoms with Gasteiger partial charge in [-0.2, -0.15) is 0 Å². The third-order valence-electron chi connectivity index (χ3n) is 2.70. The lowest BCUT2D eigenvalue weighted by molar-refractivity contribution is -0.138. The van der Waals surface area contributed by atoms with E-state index in [-0.39, 0.29) is 18.9 Å². The first kappa shape index (κ1) is 17.6. The van der Waals surface area contributed by atoms with Gasteiger partial charge in [0.05, 0.1) is 10.0 Å². The number of carboxylic acid groups (broad SMARTS) is 1. The molecule has 1 amide bonds. The normalized spacial score (nSPS) is 11.0. The van der Waals surface area contributed by atoms with E-state index in [0.29, 0.717) is 22.2 Å². The Kier molecular flexibility index (Phi) is 6.30. The van der Waals surface area contributed by atoms with Gasteiger partial charge in [0.2, 0.25) is 0 Å². The molecule has 0 unspecified atom stereocenters. The van der Waals surface area contributed by atoms with Crippen molar-refractivity contribution in [3.05, 3.63) is 28.2 Å². The second-order valence-corrected chi connectivity index (χ2v) is 6.00. The minimum Gasteiger partial charge on any atom is -0.484 e. The molecular formula is C14H17Cl2NO4. The topological polar surface area (TPSA) is 75.6 Å². The van der Waals surface area contributed by atoms with Gasteiger partial charge in [-0.05, 0) is 32.4 Å². The number of hydrogen-bond donors (Lipinski definition) is 2. The molecular weight excluding hydrogens is 317 g/mol. The van der Waals surface area contributed by atoms with Crippen LogP contribution in [-0.4, -0.2) is 29.1 Å². The lowest BCUT2D eigenvalue weighted by Gasteiger charge is -2.25. The van der Waals surface area contributed by atoms with Crippen LogP contribution in [-0.2, 0) is 9.59 Å². The van der Waals surface area contributed by atoms with Crippen molar-refractivity contribution in [2.75, 3.05) is 6.61 Å². The summed E-state index contributed by atoms with van der Waals surface area (Å²) in [7, 11) is 0. The van der Waals surface area contributed by atoms with E-state index in [1.165, 1.54) is 6.07 Å². The number of benzene rings is 1. The molecule has 0 bridgehead atoms. The zero-order chi connectivity index (χ0) is 16.0. The minimum absolute atomic E-state index is 0.0130. The molecule has 0 radical (unpaired) electrons. The Morgan fingerprint density at radius 2 is 1.95 bits per heavy atom. The fourth-order valence-corrected chi connectivity index (χ4v) is 1.90. The summed E-state index contributed by atoms with van der Waals surface area (Å²) in [6.45, 7) is 3.33. The molecule has 0 aromatic heterocycles. The first-order valence-electron chi connectivity index (χ1n) is 6.30.